The molecule has 0 aromatic carbocycles. The Hall–Kier alpha value is -0.710. The van der Waals surface area contributed by atoms with E-state index in [0.29, 0.717) is 5.69 Å². The van der Waals surface area contributed by atoms with Gasteiger partial charge in [-0.15, -0.1) is 11.3 Å². The Morgan fingerprint density at radius 2 is 2.11 bits per heavy atom. The number of alkyl halides is 3. The van der Waals surface area contributed by atoms with Gasteiger partial charge in [-0.1, -0.05) is 0 Å². The zero-order chi connectivity index (χ0) is 14.7. The predicted molar refractivity (Wildman–Crippen MR) is 66.3 cm³/mol. The summed E-state index contributed by atoms with van der Waals surface area (Å²) in [7, 11) is -1.54. The molecule has 0 amide bonds. The first-order chi connectivity index (χ1) is 8.63. The van der Waals surface area contributed by atoms with Gasteiger partial charge in [0.25, 0.3) is 0 Å². The lowest BCUT2D eigenvalue weighted by molar-refractivity contribution is -0.151. The molecule has 0 aliphatic carbocycles. The number of thiazole rings is 1. The second-order valence-corrected chi connectivity index (χ2v) is 6.96. The van der Waals surface area contributed by atoms with Crippen LogP contribution in [-0.2, 0) is 16.6 Å². The van der Waals surface area contributed by atoms with Crippen LogP contribution in [0.1, 0.15) is 5.69 Å². The normalized spacial score (nSPS) is 14.8. The zero-order valence-corrected chi connectivity index (χ0v) is 11.9. The molecule has 1 atom stereocenters. The molecule has 1 aromatic rings. The van der Waals surface area contributed by atoms with Crippen molar-refractivity contribution in [3.8, 4) is 0 Å². The average Bonchev–Trinajstić information content (AvgIpc) is 2.75. The van der Waals surface area contributed by atoms with Gasteiger partial charge in [-0.2, -0.15) is 13.2 Å². The summed E-state index contributed by atoms with van der Waals surface area (Å²) in [6, 6.07) is -2.12. The van der Waals surface area contributed by atoms with E-state index in [4.69, 9.17) is 0 Å². The summed E-state index contributed by atoms with van der Waals surface area (Å²) in [6.07, 6.45) is -4.64. The lowest BCUT2D eigenvalue weighted by atomic mass is 10.3. The van der Waals surface area contributed by atoms with Crippen molar-refractivity contribution in [1.29, 1.82) is 0 Å². The van der Waals surface area contributed by atoms with Crippen LogP contribution in [0.5, 0.6) is 0 Å². The first-order valence-corrected chi connectivity index (χ1v) is 7.75. The van der Waals surface area contributed by atoms with Gasteiger partial charge < -0.3 is 0 Å². The highest BCUT2D eigenvalue weighted by Gasteiger charge is 2.42. The van der Waals surface area contributed by atoms with Crippen LogP contribution in [-0.4, -0.2) is 49.8 Å². The summed E-state index contributed by atoms with van der Waals surface area (Å²) < 4.78 is 62.2. The monoisotopic (exact) mass is 317 g/mol. The maximum Gasteiger partial charge on any atom is 0.404 e. The summed E-state index contributed by atoms with van der Waals surface area (Å²) in [4.78, 5) is 3.83. The fraction of sp³-hybridized carbons (Fsp3) is 0.667. The third-order valence-electron chi connectivity index (χ3n) is 2.34. The Morgan fingerprint density at radius 3 is 2.53 bits per heavy atom. The zero-order valence-electron chi connectivity index (χ0n) is 10.3. The van der Waals surface area contributed by atoms with Gasteiger partial charge in [-0.3, -0.25) is 5.32 Å². The van der Waals surface area contributed by atoms with Crippen LogP contribution in [0.25, 0.3) is 0 Å². The third kappa shape index (κ3) is 5.05. The molecule has 1 heterocycles. The average molecular weight is 317 g/mol. The van der Waals surface area contributed by atoms with Crippen LogP contribution in [0.15, 0.2) is 10.9 Å². The Morgan fingerprint density at radius 1 is 1.47 bits per heavy atom. The number of nitrogens with one attached hydrogen (secondary N) is 1. The van der Waals surface area contributed by atoms with Crippen LogP contribution in [0.4, 0.5) is 13.2 Å². The molecule has 19 heavy (non-hydrogen) atoms. The Labute approximate surface area is 113 Å². The largest absolute Gasteiger partial charge is 0.404 e. The van der Waals surface area contributed by atoms with E-state index < -0.39 is 28.0 Å². The van der Waals surface area contributed by atoms with Gasteiger partial charge in [-0.25, -0.2) is 17.7 Å². The van der Waals surface area contributed by atoms with Gasteiger partial charge in [0.2, 0.25) is 10.0 Å². The van der Waals surface area contributed by atoms with E-state index in [-0.39, 0.29) is 6.54 Å². The maximum atomic E-state index is 12.8. The van der Waals surface area contributed by atoms with Crippen molar-refractivity contribution in [3.05, 3.63) is 16.6 Å². The maximum absolute atomic E-state index is 12.8. The van der Waals surface area contributed by atoms with Crippen molar-refractivity contribution >= 4 is 21.4 Å². The van der Waals surface area contributed by atoms with Gasteiger partial charge in [0, 0.05) is 26.0 Å². The highest BCUT2D eigenvalue weighted by molar-refractivity contribution is 7.89. The smallest absolute Gasteiger partial charge is 0.300 e. The number of aromatic nitrogens is 1. The fourth-order valence-electron chi connectivity index (χ4n) is 1.18. The molecule has 5 nitrogen and oxygen atoms in total. The third-order valence-corrected chi connectivity index (χ3v) is 4.84. The lowest BCUT2D eigenvalue weighted by Gasteiger charge is -2.23. The molecule has 10 heteroatoms. The Bertz CT molecular complexity index is 485. The predicted octanol–water partition coefficient (Wildman–Crippen LogP) is 1.05. The molecule has 0 radical (unpaired) electrons. The summed E-state index contributed by atoms with van der Waals surface area (Å²) in [5, 5.41) is 3.78. The highest BCUT2D eigenvalue weighted by Crippen LogP contribution is 2.22. The quantitative estimate of drug-likeness (QED) is 0.852. The van der Waals surface area contributed by atoms with E-state index in [1.54, 1.807) is 5.38 Å². The van der Waals surface area contributed by atoms with E-state index in [1.165, 1.54) is 30.9 Å². The van der Waals surface area contributed by atoms with Crippen LogP contribution < -0.4 is 5.32 Å². The van der Waals surface area contributed by atoms with E-state index in [2.05, 4.69) is 10.3 Å². The van der Waals surface area contributed by atoms with Crippen molar-refractivity contribution in [2.24, 2.45) is 0 Å². The molecule has 1 N–H and O–H groups in total. The van der Waals surface area contributed by atoms with Crippen molar-refractivity contribution in [2.75, 3.05) is 19.8 Å². The molecule has 0 aliphatic heterocycles. The van der Waals surface area contributed by atoms with Crippen LogP contribution in [0.2, 0.25) is 0 Å². The molecule has 0 saturated heterocycles. The Balaban J connectivity index is 2.74. The molecular formula is C9H14F3N3O2S2. The number of hydrogen-bond acceptors (Lipinski definition) is 5. The van der Waals surface area contributed by atoms with Crippen molar-refractivity contribution in [1.82, 2.24) is 14.6 Å². The van der Waals surface area contributed by atoms with Gasteiger partial charge in [0.05, 0.1) is 17.0 Å². The standard InChI is InChI=1S/C9H14F3N3O2S2/c1-15(2)19(16,17)5-8(9(10,11)12)13-3-7-4-18-6-14-7/h4,6,8,13H,3,5H2,1-2H3. The van der Waals surface area contributed by atoms with Gasteiger partial charge in [0.15, 0.2) is 0 Å². The second-order valence-electron chi connectivity index (χ2n) is 4.02. The van der Waals surface area contributed by atoms with Crippen molar-refractivity contribution in [2.45, 2.75) is 18.8 Å². The number of hydrogen-bond donors (Lipinski definition) is 1. The van der Waals surface area contributed by atoms with Crippen LogP contribution in [0.3, 0.4) is 0 Å². The molecule has 1 rings (SSSR count). The van der Waals surface area contributed by atoms with Crippen molar-refractivity contribution < 1.29 is 21.6 Å². The molecule has 0 saturated carbocycles. The summed E-state index contributed by atoms with van der Waals surface area (Å²) >= 11 is 1.26. The van der Waals surface area contributed by atoms with E-state index >= 15 is 0 Å². The lowest BCUT2D eigenvalue weighted by Crippen LogP contribution is -2.48. The van der Waals surface area contributed by atoms with E-state index in [1.807, 2.05) is 0 Å². The SMILES string of the molecule is CN(C)S(=O)(=O)CC(NCc1cscn1)C(F)(F)F. The Kier molecular flexibility index (Phi) is 5.30. The number of halogens is 3. The van der Waals surface area contributed by atoms with Gasteiger partial charge >= 0.3 is 6.18 Å². The minimum absolute atomic E-state index is 0.128. The topological polar surface area (TPSA) is 62.3 Å². The number of nitrogens with zero attached hydrogens (tertiary/aromatic N) is 2. The van der Waals surface area contributed by atoms with Crippen LogP contribution in [0, 0.1) is 0 Å². The molecule has 110 valence electrons. The molecule has 0 spiro atoms. The number of rotatable bonds is 6. The number of sulfonamides is 1. The van der Waals surface area contributed by atoms with E-state index in [0.717, 1.165) is 4.31 Å². The van der Waals surface area contributed by atoms with Crippen LogP contribution >= 0.6 is 11.3 Å². The molecule has 1 aromatic heterocycles. The van der Waals surface area contributed by atoms with Crippen molar-refractivity contribution in [3.63, 3.8) is 0 Å². The second kappa shape index (κ2) is 6.16. The molecule has 0 fully saturated rings. The van der Waals surface area contributed by atoms with Gasteiger partial charge in [0.1, 0.15) is 6.04 Å². The first kappa shape index (κ1) is 16.3. The van der Waals surface area contributed by atoms with E-state index in [9.17, 15) is 21.6 Å². The highest BCUT2D eigenvalue weighted by atomic mass is 32.2. The summed E-state index contributed by atoms with van der Waals surface area (Å²) in [5.41, 5.74) is 1.94. The summed E-state index contributed by atoms with van der Waals surface area (Å²) in [5.74, 6) is -1.03. The summed E-state index contributed by atoms with van der Waals surface area (Å²) in [6.45, 7) is -0.128. The fourth-order valence-corrected chi connectivity index (χ4v) is 2.77. The molecule has 1 unspecified atom stereocenters. The molecular weight excluding hydrogens is 303 g/mol. The molecule has 0 bridgehead atoms. The van der Waals surface area contributed by atoms with Gasteiger partial charge in [-0.05, 0) is 0 Å². The first-order valence-electron chi connectivity index (χ1n) is 5.20. The molecule has 0 aliphatic rings. The minimum Gasteiger partial charge on any atom is -0.300 e. The minimum atomic E-state index is -4.64.